The molecule has 140 valence electrons. The van der Waals surface area contributed by atoms with E-state index >= 15 is 0 Å². The molecule has 0 bridgehead atoms. The highest BCUT2D eigenvalue weighted by atomic mass is 32.1. The number of hydrogen-bond acceptors (Lipinski definition) is 6. The van der Waals surface area contributed by atoms with Crippen LogP contribution in [0.2, 0.25) is 0 Å². The minimum atomic E-state index is -0.951. The number of aryl methyl sites for hydroxylation is 1. The molecule has 2 aromatic carbocycles. The fourth-order valence-corrected chi connectivity index (χ4v) is 3.18. The zero-order chi connectivity index (χ0) is 19.7. The molecule has 0 spiro atoms. The minimum Gasteiger partial charge on any atom is -0.334 e. The Hall–Kier alpha value is -3.46. The van der Waals surface area contributed by atoms with Gasteiger partial charge in [-0.15, -0.1) is 11.3 Å². The summed E-state index contributed by atoms with van der Waals surface area (Å²) in [5.74, 6) is -1.32. The summed E-state index contributed by atoms with van der Waals surface area (Å²) in [7, 11) is 0. The Labute approximate surface area is 161 Å². The van der Waals surface area contributed by atoms with E-state index in [1.165, 1.54) is 17.4 Å². The van der Waals surface area contributed by atoms with E-state index in [0.717, 1.165) is 12.1 Å². The van der Waals surface area contributed by atoms with Gasteiger partial charge >= 0.3 is 0 Å². The molecule has 4 rings (SSSR count). The van der Waals surface area contributed by atoms with Crippen molar-refractivity contribution in [3.63, 3.8) is 0 Å². The number of carbonyl (C=O) groups excluding carboxylic acids is 1. The molecule has 4 aromatic rings. The number of nitrogens with zero attached hydrogens (tertiary/aromatic N) is 3. The first-order valence-corrected chi connectivity index (χ1v) is 9.00. The average molecular weight is 398 g/mol. The van der Waals surface area contributed by atoms with E-state index < -0.39 is 11.6 Å². The number of benzene rings is 2. The first-order chi connectivity index (χ1) is 13.5. The van der Waals surface area contributed by atoms with Crippen LogP contribution in [0, 0.1) is 18.6 Å². The normalized spacial score (nSPS) is 10.8. The standard InChI is InChI=1S/C19H12F2N4O2S/c1-10-22-18(27-25-10)12-4-2-11(3-5-12)17(26)24-19-23-16(9-28-19)13-6-7-14(20)15(21)8-13/h2-9H,1H3,(H,23,24,26). The molecule has 0 radical (unpaired) electrons. The van der Waals surface area contributed by atoms with Gasteiger partial charge in [-0.25, -0.2) is 13.8 Å². The van der Waals surface area contributed by atoms with Gasteiger partial charge in [-0.2, -0.15) is 4.98 Å². The predicted molar refractivity (Wildman–Crippen MR) is 99.9 cm³/mol. The molecule has 9 heteroatoms. The molecule has 2 heterocycles. The van der Waals surface area contributed by atoms with Crippen molar-refractivity contribution in [3.05, 3.63) is 70.9 Å². The Balaban J connectivity index is 1.48. The summed E-state index contributed by atoms with van der Waals surface area (Å²) >= 11 is 1.19. The predicted octanol–water partition coefficient (Wildman–Crippen LogP) is 4.70. The molecule has 28 heavy (non-hydrogen) atoms. The van der Waals surface area contributed by atoms with Crippen LogP contribution in [0.25, 0.3) is 22.7 Å². The molecule has 0 aliphatic heterocycles. The highest BCUT2D eigenvalue weighted by Crippen LogP contribution is 2.26. The summed E-state index contributed by atoms with van der Waals surface area (Å²) in [5, 5.41) is 8.42. The third-order valence-electron chi connectivity index (χ3n) is 3.86. The molecule has 0 unspecified atom stereocenters. The first kappa shape index (κ1) is 17.9. The minimum absolute atomic E-state index is 0.348. The molecule has 6 nitrogen and oxygen atoms in total. The van der Waals surface area contributed by atoms with Crippen LogP contribution in [0.5, 0.6) is 0 Å². The molecule has 0 saturated carbocycles. The lowest BCUT2D eigenvalue weighted by atomic mass is 10.1. The van der Waals surface area contributed by atoms with Gasteiger partial charge in [0.2, 0.25) is 0 Å². The van der Waals surface area contributed by atoms with Gasteiger partial charge in [0.15, 0.2) is 22.6 Å². The summed E-state index contributed by atoms with van der Waals surface area (Å²) in [6, 6.07) is 10.2. The van der Waals surface area contributed by atoms with Crippen LogP contribution in [0.1, 0.15) is 16.2 Å². The van der Waals surface area contributed by atoms with Gasteiger partial charge in [-0.05, 0) is 49.4 Å². The summed E-state index contributed by atoms with van der Waals surface area (Å²) < 4.78 is 31.5. The van der Waals surface area contributed by atoms with Crippen molar-refractivity contribution in [2.45, 2.75) is 6.92 Å². The number of hydrogen-bond donors (Lipinski definition) is 1. The molecule has 0 saturated heterocycles. The number of carbonyl (C=O) groups is 1. The number of halogens is 2. The second-order valence-electron chi connectivity index (χ2n) is 5.85. The molecular formula is C19H12F2N4O2S. The van der Waals surface area contributed by atoms with E-state index in [1.807, 2.05) is 0 Å². The SMILES string of the molecule is Cc1noc(-c2ccc(C(=O)Nc3nc(-c4ccc(F)c(F)c4)cs3)cc2)n1. The Morgan fingerprint density at radius 1 is 1.04 bits per heavy atom. The molecular weight excluding hydrogens is 386 g/mol. The Morgan fingerprint density at radius 2 is 1.79 bits per heavy atom. The van der Waals surface area contributed by atoms with Crippen molar-refractivity contribution in [1.29, 1.82) is 0 Å². The maximum absolute atomic E-state index is 13.4. The number of aromatic nitrogens is 3. The highest BCUT2D eigenvalue weighted by molar-refractivity contribution is 7.14. The van der Waals surface area contributed by atoms with Crippen LogP contribution in [0.4, 0.5) is 13.9 Å². The van der Waals surface area contributed by atoms with E-state index in [4.69, 9.17) is 4.52 Å². The van der Waals surface area contributed by atoms with Crippen LogP contribution in [-0.4, -0.2) is 21.0 Å². The van der Waals surface area contributed by atoms with Crippen molar-refractivity contribution in [2.75, 3.05) is 5.32 Å². The summed E-state index contributed by atoms with van der Waals surface area (Å²) in [6.45, 7) is 1.72. The van der Waals surface area contributed by atoms with Gasteiger partial charge in [0, 0.05) is 22.1 Å². The van der Waals surface area contributed by atoms with Gasteiger partial charge in [-0.1, -0.05) is 5.16 Å². The van der Waals surface area contributed by atoms with Crippen molar-refractivity contribution in [2.24, 2.45) is 0 Å². The van der Waals surface area contributed by atoms with Crippen molar-refractivity contribution in [3.8, 4) is 22.7 Å². The third-order valence-corrected chi connectivity index (χ3v) is 4.62. The zero-order valence-corrected chi connectivity index (χ0v) is 15.3. The van der Waals surface area contributed by atoms with Crippen LogP contribution in [0.15, 0.2) is 52.4 Å². The topological polar surface area (TPSA) is 80.9 Å². The molecule has 0 aliphatic carbocycles. The number of rotatable bonds is 4. The molecule has 0 atom stereocenters. The van der Waals surface area contributed by atoms with E-state index in [-0.39, 0.29) is 5.91 Å². The Kier molecular flexibility index (Phi) is 4.66. The quantitative estimate of drug-likeness (QED) is 0.539. The van der Waals surface area contributed by atoms with Gasteiger partial charge < -0.3 is 4.52 Å². The van der Waals surface area contributed by atoms with Gasteiger partial charge in [0.1, 0.15) is 0 Å². The molecule has 1 amide bonds. The van der Waals surface area contributed by atoms with Crippen LogP contribution >= 0.6 is 11.3 Å². The Morgan fingerprint density at radius 3 is 2.46 bits per heavy atom. The van der Waals surface area contributed by atoms with Crippen molar-refractivity contribution >= 4 is 22.4 Å². The molecule has 0 fully saturated rings. The summed E-state index contributed by atoms with van der Waals surface area (Å²) in [5.41, 5.74) is 1.99. The monoisotopic (exact) mass is 398 g/mol. The lowest BCUT2D eigenvalue weighted by molar-refractivity contribution is 0.102. The lowest BCUT2D eigenvalue weighted by Gasteiger charge is -2.02. The summed E-state index contributed by atoms with van der Waals surface area (Å²) in [6.07, 6.45) is 0. The number of anilines is 1. The molecule has 0 aliphatic rings. The smallest absolute Gasteiger partial charge is 0.257 e. The Bertz CT molecular complexity index is 1150. The van der Waals surface area contributed by atoms with E-state index in [9.17, 15) is 13.6 Å². The van der Waals surface area contributed by atoms with Crippen LogP contribution in [0.3, 0.4) is 0 Å². The van der Waals surface area contributed by atoms with Gasteiger partial charge in [0.05, 0.1) is 5.69 Å². The van der Waals surface area contributed by atoms with Crippen LogP contribution in [-0.2, 0) is 0 Å². The third kappa shape index (κ3) is 3.65. The fraction of sp³-hybridized carbons (Fsp3) is 0.0526. The molecule has 2 aromatic heterocycles. The lowest BCUT2D eigenvalue weighted by Crippen LogP contribution is -2.11. The van der Waals surface area contributed by atoms with Crippen molar-refractivity contribution < 1.29 is 18.1 Å². The number of nitrogens with one attached hydrogen (secondary N) is 1. The van der Waals surface area contributed by atoms with Gasteiger partial charge in [0.25, 0.3) is 11.8 Å². The van der Waals surface area contributed by atoms with Crippen molar-refractivity contribution in [1.82, 2.24) is 15.1 Å². The van der Waals surface area contributed by atoms with E-state index in [0.29, 0.717) is 39.2 Å². The first-order valence-electron chi connectivity index (χ1n) is 8.12. The van der Waals surface area contributed by atoms with E-state index in [1.54, 1.807) is 36.6 Å². The summed E-state index contributed by atoms with van der Waals surface area (Å²) in [4.78, 5) is 20.8. The average Bonchev–Trinajstić information content (AvgIpc) is 3.33. The molecule has 1 N–H and O–H groups in total. The number of thiazole rings is 1. The van der Waals surface area contributed by atoms with Gasteiger partial charge in [-0.3, -0.25) is 10.1 Å². The zero-order valence-electron chi connectivity index (χ0n) is 14.4. The highest BCUT2D eigenvalue weighted by Gasteiger charge is 2.13. The van der Waals surface area contributed by atoms with E-state index in [2.05, 4.69) is 20.4 Å². The second-order valence-corrected chi connectivity index (χ2v) is 6.70. The second kappa shape index (κ2) is 7.28. The maximum atomic E-state index is 13.4. The maximum Gasteiger partial charge on any atom is 0.257 e. The number of amides is 1. The largest absolute Gasteiger partial charge is 0.334 e. The van der Waals surface area contributed by atoms with Crippen LogP contribution < -0.4 is 5.32 Å². The fourth-order valence-electron chi connectivity index (χ4n) is 2.47.